The number of rotatable bonds is 1. The zero-order valence-corrected chi connectivity index (χ0v) is 7.04. The average molecular weight is 162 g/mol. The summed E-state index contributed by atoms with van der Waals surface area (Å²) in [6, 6.07) is 0. The van der Waals surface area contributed by atoms with Gasteiger partial charge in [-0.05, 0) is 0 Å². The minimum atomic E-state index is 0.952. The molecule has 0 atom stereocenters. The maximum atomic E-state index is 2.26. The summed E-state index contributed by atoms with van der Waals surface area (Å²) in [5.41, 5.74) is 0.952. The fourth-order valence-corrected chi connectivity index (χ4v) is 0. The van der Waals surface area contributed by atoms with Gasteiger partial charge in [-0.1, -0.05) is 0 Å². The molecule has 0 fully saturated rings. The first kappa shape index (κ1) is 6.10. The summed E-state index contributed by atoms with van der Waals surface area (Å²) < 4.78 is 0. The average Bonchev–Trinajstić information content (AvgIpc) is 1.38. The molecule has 0 saturated carbocycles. The predicted molar refractivity (Wildman–Crippen MR) is 20.9 cm³/mol. The maximum absolute atomic E-state index is 2.26. The molecule has 0 spiro atoms. The first-order chi connectivity index (χ1) is 2.27. The first-order valence-corrected chi connectivity index (χ1v) is 6.46. The van der Waals surface area contributed by atoms with Crippen LogP contribution >= 0.6 is 0 Å². The zero-order valence-electron chi connectivity index (χ0n) is 3.58. The summed E-state index contributed by atoms with van der Waals surface area (Å²) in [7, 11) is 0. The van der Waals surface area contributed by atoms with Crippen molar-refractivity contribution in [2.75, 3.05) is 0 Å². The van der Waals surface area contributed by atoms with Gasteiger partial charge in [0.2, 0.25) is 0 Å². The Morgan fingerprint density at radius 3 is 1.80 bits per heavy atom. The molecule has 0 aliphatic rings. The van der Waals surface area contributed by atoms with Crippen LogP contribution in [0, 0.1) is 0 Å². The van der Waals surface area contributed by atoms with Crippen LogP contribution in [-0.4, -0.2) is 6.16 Å². The third kappa shape index (κ3) is 5.10. The van der Waals surface area contributed by atoms with Gasteiger partial charge in [0.1, 0.15) is 0 Å². The number of hydrogen-bond acceptors (Lipinski definition) is 0. The Kier molecular flexibility index (Phi) is 4.02. The zero-order chi connectivity index (χ0) is 4.28. The van der Waals surface area contributed by atoms with Crippen LogP contribution in [0.3, 0.4) is 0 Å². The van der Waals surface area contributed by atoms with Crippen LogP contribution in [0.4, 0.5) is 0 Å². The van der Waals surface area contributed by atoms with Crippen LogP contribution in [-0.2, 0) is 23.3 Å². The van der Waals surface area contributed by atoms with Crippen molar-refractivity contribution in [3.05, 3.63) is 0 Å². The Morgan fingerprint density at radius 2 is 1.80 bits per heavy atom. The Labute approximate surface area is 48.9 Å². The Bertz CT molecular complexity index is 33.9. The van der Waals surface area contributed by atoms with Crippen LogP contribution in [0.5, 0.6) is 0 Å². The fourth-order valence-electron chi connectivity index (χ4n) is 0. The van der Waals surface area contributed by atoms with Gasteiger partial charge >= 0.3 is 48.9 Å². The Hall–Kier alpha value is 1.10. The van der Waals surface area contributed by atoms with Crippen LogP contribution in [0.15, 0.2) is 0 Å². The molecular weight excluding hydrogens is 155 g/mol. The van der Waals surface area contributed by atoms with E-state index in [1.54, 1.807) is 23.3 Å². The van der Waals surface area contributed by atoms with Crippen molar-refractivity contribution in [1.29, 1.82) is 0 Å². The van der Waals surface area contributed by atoms with Crippen LogP contribution in [0.1, 0.15) is 13.8 Å². The van der Waals surface area contributed by atoms with E-state index in [9.17, 15) is 0 Å². The molecule has 0 aliphatic carbocycles. The Morgan fingerprint density at radius 1 is 1.60 bits per heavy atom. The fraction of sp³-hybridized carbons (Fsp3) is 1.00. The summed E-state index contributed by atoms with van der Waals surface area (Å²) in [5.74, 6) is 0. The summed E-state index contributed by atoms with van der Waals surface area (Å²) in [5, 5.41) is 0. The predicted octanol–water partition coefficient (Wildman–Crippen LogP) is 0.981. The molecule has 0 saturated heterocycles. The second-order valence-electron chi connectivity index (χ2n) is 1.30. The van der Waals surface area contributed by atoms with Crippen molar-refractivity contribution < 1.29 is 23.3 Å². The van der Waals surface area contributed by atoms with Gasteiger partial charge in [0, 0.05) is 0 Å². The molecule has 25 valence electrons. The monoisotopic (exact) mass is 161 g/mol. The Balaban J connectivity index is 2.83. The van der Waals surface area contributed by atoms with E-state index < -0.39 is 0 Å². The molecule has 0 heterocycles. The van der Waals surface area contributed by atoms with E-state index in [0.29, 0.717) is 0 Å². The van der Waals surface area contributed by atoms with Gasteiger partial charge in [-0.2, -0.15) is 0 Å². The van der Waals surface area contributed by atoms with Gasteiger partial charge in [0.25, 0.3) is 0 Å². The van der Waals surface area contributed by atoms with Crippen LogP contribution < -0.4 is 0 Å². The van der Waals surface area contributed by atoms with Crippen molar-refractivity contribution in [3.8, 4) is 0 Å². The molecule has 0 aromatic heterocycles. The normalized spacial score (nSPS) is 9.00. The topological polar surface area (TPSA) is 0 Å². The molecule has 0 rings (SSSR count). The molecule has 0 bridgehead atoms. The van der Waals surface area contributed by atoms with E-state index in [1.165, 1.54) is 6.16 Å². The number of hydrogen-bond donors (Lipinski definition) is 0. The minimum absolute atomic E-state index is 0.952. The molecule has 2 heteroatoms. The van der Waals surface area contributed by atoms with E-state index in [1.807, 2.05) is 0 Å². The van der Waals surface area contributed by atoms with E-state index in [2.05, 4.69) is 13.8 Å². The van der Waals surface area contributed by atoms with Gasteiger partial charge in [-0.15, -0.1) is 0 Å². The first-order valence-electron chi connectivity index (χ1n) is 1.69. The third-order valence-corrected chi connectivity index (χ3v) is 5.12. The summed E-state index contributed by atoms with van der Waals surface area (Å²) in [6.07, 6.45) is 1.20. The van der Waals surface area contributed by atoms with Crippen molar-refractivity contribution in [2.24, 2.45) is 0 Å². The molecule has 0 aromatic rings. The van der Waals surface area contributed by atoms with Gasteiger partial charge in [-0.3, -0.25) is 0 Å². The van der Waals surface area contributed by atoms with Crippen LogP contribution in [0.2, 0.25) is 5.54 Å². The van der Waals surface area contributed by atoms with E-state index >= 15 is 0 Å². The molecular formula is C3H7SiZr+2. The standard InChI is InChI=1S/C3H7Si.Zr/c1-3(2)4;/h3H,1-2H3;/q;+2. The van der Waals surface area contributed by atoms with Crippen molar-refractivity contribution in [3.63, 3.8) is 0 Å². The second-order valence-corrected chi connectivity index (χ2v) is 4.87. The van der Waals surface area contributed by atoms with Gasteiger partial charge in [-0.25, -0.2) is 0 Å². The van der Waals surface area contributed by atoms with E-state index in [0.717, 1.165) is 5.54 Å². The third-order valence-electron chi connectivity index (χ3n) is 0.289. The molecule has 0 unspecified atom stereocenters. The molecule has 1 radical (unpaired) electrons. The summed E-state index contributed by atoms with van der Waals surface area (Å²) >= 11 is 1.69. The SMILES string of the molecule is CC(C)[Si]=[Zr+2]. The van der Waals surface area contributed by atoms with Gasteiger partial charge in [0.05, 0.1) is 0 Å². The van der Waals surface area contributed by atoms with Crippen molar-refractivity contribution in [2.45, 2.75) is 19.4 Å². The molecule has 0 amide bonds. The van der Waals surface area contributed by atoms with Crippen molar-refractivity contribution >= 4 is 6.16 Å². The van der Waals surface area contributed by atoms with Gasteiger partial charge < -0.3 is 0 Å². The van der Waals surface area contributed by atoms with Crippen molar-refractivity contribution in [1.82, 2.24) is 0 Å². The van der Waals surface area contributed by atoms with E-state index in [4.69, 9.17) is 0 Å². The molecule has 5 heavy (non-hydrogen) atoms. The summed E-state index contributed by atoms with van der Waals surface area (Å²) in [4.78, 5) is 0. The quantitative estimate of drug-likeness (QED) is 0.504. The van der Waals surface area contributed by atoms with Gasteiger partial charge in [0.15, 0.2) is 0 Å². The molecule has 0 N–H and O–H groups in total. The summed E-state index contributed by atoms with van der Waals surface area (Å²) in [6.45, 7) is 4.51. The van der Waals surface area contributed by atoms with Crippen LogP contribution in [0.25, 0.3) is 0 Å². The second kappa shape index (κ2) is 3.30. The molecule has 0 aliphatic heterocycles. The molecule has 0 aromatic carbocycles. The molecule has 0 nitrogen and oxygen atoms in total. The van der Waals surface area contributed by atoms with E-state index in [-0.39, 0.29) is 0 Å².